The second kappa shape index (κ2) is 5.25. The molecule has 0 radical (unpaired) electrons. The molecule has 0 N–H and O–H groups in total. The molecule has 3 fully saturated rings. The molecule has 0 saturated carbocycles. The summed E-state index contributed by atoms with van der Waals surface area (Å²) in [5.74, 6) is -0.295. The lowest BCUT2D eigenvalue weighted by molar-refractivity contribution is -0.133. The minimum atomic E-state index is -0.295. The van der Waals surface area contributed by atoms with Crippen LogP contribution >= 0.6 is 0 Å². The van der Waals surface area contributed by atoms with E-state index in [2.05, 4.69) is 16.0 Å². The van der Waals surface area contributed by atoms with Gasteiger partial charge in [-0.2, -0.15) is 0 Å². The molecule has 3 saturated heterocycles. The largest absolute Gasteiger partial charge is 0.462 e. The third-order valence-corrected chi connectivity index (χ3v) is 4.34. The van der Waals surface area contributed by atoms with Crippen LogP contribution in [0.25, 0.3) is 10.9 Å². The molecule has 5 heteroatoms. The van der Waals surface area contributed by atoms with E-state index < -0.39 is 0 Å². The fourth-order valence-electron chi connectivity index (χ4n) is 3.28. The predicted molar refractivity (Wildman–Crippen MR) is 83.2 cm³/mol. The van der Waals surface area contributed by atoms with Crippen molar-refractivity contribution < 1.29 is 14.3 Å². The average molecular weight is 298 g/mol. The number of morpholine rings is 1. The van der Waals surface area contributed by atoms with Crippen molar-refractivity contribution in [2.24, 2.45) is 0 Å². The number of fused-ring (bicyclic) bond motifs is 3. The molecule has 3 aliphatic heterocycles. The van der Waals surface area contributed by atoms with E-state index in [0.29, 0.717) is 24.4 Å². The normalized spacial score (nSPS) is 23.2. The summed E-state index contributed by atoms with van der Waals surface area (Å²) < 4.78 is 10.8. The second-order valence-corrected chi connectivity index (χ2v) is 5.80. The Morgan fingerprint density at radius 1 is 1.36 bits per heavy atom. The summed E-state index contributed by atoms with van der Waals surface area (Å²) in [6.45, 7) is 4.01. The van der Waals surface area contributed by atoms with Gasteiger partial charge in [-0.15, -0.1) is 0 Å². The van der Waals surface area contributed by atoms with Crippen LogP contribution in [0.2, 0.25) is 0 Å². The van der Waals surface area contributed by atoms with Crippen molar-refractivity contribution in [2.45, 2.75) is 25.6 Å². The highest BCUT2D eigenvalue weighted by Crippen LogP contribution is 2.32. The Bertz CT molecular complexity index is 715. The number of hydrogen-bond donors (Lipinski definition) is 0. The molecule has 5 nitrogen and oxygen atoms in total. The zero-order chi connectivity index (χ0) is 15.1. The van der Waals surface area contributed by atoms with Crippen LogP contribution in [-0.2, 0) is 9.47 Å². The van der Waals surface area contributed by atoms with Crippen LogP contribution in [0.5, 0.6) is 0 Å². The Hall–Kier alpha value is -2.14. The Morgan fingerprint density at radius 3 is 2.86 bits per heavy atom. The maximum Gasteiger partial charge on any atom is 0.338 e. The van der Waals surface area contributed by atoms with Crippen LogP contribution in [0.4, 0.5) is 5.69 Å². The lowest BCUT2D eigenvalue weighted by Gasteiger charge is -2.48. The molecule has 2 atom stereocenters. The summed E-state index contributed by atoms with van der Waals surface area (Å²) >= 11 is 0. The molecule has 0 spiro atoms. The number of ether oxygens (including phenoxy) is 2. The summed E-state index contributed by atoms with van der Waals surface area (Å²) in [5, 5.41) is 0.846. The summed E-state index contributed by atoms with van der Waals surface area (Å²) in [6, 6.07) is 7.80. The number of esters is 1. The summed E-state index contributed by atoms with van der Waals surface area (Å²) in [4.78, 5) is 18.8. The molecular weight excluding hydrogens is 280 g/mol. The quantitative estimate of drug-likeness (QED) is 0.814. The zero-order valence-corrected chi connectivity index (χ0v) is 12.5. The molecule has 0 aliphatic carbocycles. The first-order chi connectivity index (χ1) is 10.7. The van der Waals surface area contributed by atoms with Gasteiger partial charge >= 0.3 is 5.97 Å². The van der Waals surface area contributed by atoms with Gasteiger partial charge in [0.1, 0.15) is 0 Å². The summed E-state index contributed by atoms with van der Waals surface area (Å²) in [7, 11) is 0. The van der Waals surface area contributed by atoms with Crippen LogP contribution in [0.1, 0.15) is 23.7 Å². The summed E-state index contributed by atoms with van der Waals surface area (Å²) in [5.41, 5.74) is 2.50. The van der Waals surface area contributed by atoms with E-state index in [9.17, 15) is 4.79 Å². The van der Waals surface area contributed by atoms with Crippen LogP contribution in [0, 0.1) is 0 Å². The molecule has 3 aliphatic rings. The van der Waals surface area contributed by atoms with Gasteiger partial charge in [0, 0.05) is 36.8 Å². The van der Waals surface area contributed by atoms with Crippen molar-refractivity contribution in [3.8, 4) is 0 Å². The van der Waals surface area contributed by atoms with Crippen LogP contribution in [0.3, 0.4) is 0 Å². The fourth-order valence-corrected chi connectivity index (χ4v) is 3.28. The van der Waals surface area contributed by atoms with E-state index in [1.54, 1.807) is 12.3 Å². The number of nitrogens with zero attached hydrogens (tertiary/aromatic N) is 2. The number of pyridine rings is 1. The predicted octanol–water partition coefficient (Wildman–Crippen LogP) is 2.39. The molecule has 114 valence electrons. The van der Waals surface area contributed by atoms with Gasteiger partial charge in [-0.05, 0) is 31.2 Å². The molecule has 1 aromatic heterocycles. The smallest absolute Gasteiger partial charge is 0.338 e. The molecule has 2 bridgehead atoms. The van der Waals surface area contributed by atoms with Crippen LogP contribution < -0.4 is 4.90 Å². The van der Waals surface area contributed by atoms with E-state index in [1.165, 1.54) is 6.42 Å². The number of anilines is 1. The van der Waals surface area contributed by atoms with Crippen molar-refractivity contribution in [1.29, 1.82) is 0 Å². The fraction of sp³-hybridized carbons (Fsp3) is 0.412. The number of aromatic nitrogens is 1. The molecular formula is C17H18N2O3. The van der Waals surface area contributed by atoms with Gasteiger partial charge in [0.2, 0.25) is 0 Å². The van der Waals surface area contributed by atoms with Crippen molar-refractivity contribution in [2.75, 3.05) is 24.6 Å². The Labute approximate surface area is 128 Å². The second-order valence-electron chi connectivity index (χ2n) is 5.80. The van der Waals surface area contributed by atoms with Gasteiger partial charge < -0.3 is 14.4 Å². The first-order valence-electron chi connectivity index (χ1n) is 7.71. The Balaban J connectivity index is 1.72. The first-order valence-corrected chi connectivity index (χ1v) is 7.71. The molecule has 1 aromatic carbocycles. The highest BCUT2D eigenvalue weighted by Gasteiger charge is 2.38. The number of hydrogen-bond acceptors (Lipinski definition) is 5. The van der Waals surface area contributed by atoms with E-state index in [0.717, 1.165) is 29.7 Å². The van der Waals surface area contributed by atoms with Gasteiger partial charge in [0.05, 0.1) is 29.9 Å². The van der Waals surface area contributed by atoms with Gasteiger partial charge in [-0.3, -0.25) is 4.98 Å². The van der Waals surface area contributed by atoms with Crippen LogP contribution in [-0.4, -0.2) is 42.9 Å². The highest BCUT2D eigenvalue weighted by molar-refractivity contribution is 6.04. The first kappa shape index (κ1) is 13.5. The molecule has 22 heavy (non-hydrogen) atoms. The third kappa shape index (κ3) is 2.22. The van der Waals surface area contributed by atoms with Crippen molar-refractivity contribution in [1.82, 2.24) is 4.98 Å². The summed E-state index contributed by atoms with van der Waals surface area (Å²) in [6.07, 6.45) is 3.53. The maximum absolute atomic E-state index is 12.1. The van der Waals surface area contributed by atoms with Crippen molar-refractivity contribution in [3.63, 3.8) is 0 Å². The van der Waals surface area contributed by atoms with Gasteiger partial charge in [-0.1, -0.05) is 0 Å². The number of carbonyl (C=O) groups is 1. The SMILES string of the molecule is CCOC(=O)c1ccnc2ccc(N3CC4CC(C3)O4)cc12. The highest BCUT2D eigenvalue weighted by atomic mass is 16.5. The number of piperidine rings is 1. The molecule has 5 rings (SSSR count). The number of carbonyl (C=O) groups excluding carboxylic acids is 1. The van der Waals surface area contributed by atoms with E-state index in [-0.39, 0.29) is 5.97 Å². The van der Waals surface area contributed by atoms with E-state index in [1.807, 2.05) is 19.1 Å². The Kier molecular flexibility index (Phi) is 3.22. The molecule has 0 amide bonds. The van der Waals surface area contributed by atoms with Gasteiger partial charge in [-0.25, -0.2) is 4.79 Å². The topological polar surface area (TPSA) is 51.7 Å². The van der Waals surface area contributed by atoms with Crippen molar-refractivity contribution in [3.05, 3.63) is 36.0 Å². The minimum absolute atomic E-state index is 0.295. The molecule has 2 aromatic rings. The minimum Gasteiger partial charge on any atom is -0.462 e. The lowest BCUT2D eigenvalue weighted by Crippen LogP contribution is -2.57. The maximum atomic E-state index is 12.1. The Morgan fingerprint density at radius 2 is 2.14 bits per heavy atom. The standard InChI is InChI=1S/C17H18N2O3/c1-2-21-17(20)14-5-6-18-16-4-3-11(7-15(14)16)19-9-12-8-13(10-19)22-12/h3-7,12-13H,2,8-10H2,1H3. The van der Waals surface area contributed by atoms with Crippen LogP contribution in [0.15, 0.2) is 30.5 Å². The number of rotatable bonds is 3. The van der Waals surface area contributed by atoms with Crippen molar-refractivity contribution >= 4 is 22.6 Å². The average Bonchev–Trinajstić information content (AvgIpc) is 2.53. The zero-order valence-electron chi connectivity index (χ0n) is 12.5. The lowest BCUT2D eigenvalue weighted by atomic mass is 9.97. The van der Waals surface area contributed by atoms with Gasteiger partial charge in [0.15, 0.2) is 0 Å². The van der Waals surface area contributed by atoms with E-state index >= 15 is 0 Å². The van der Waals surface area contributed by atoms with E-state index in [4.69, 9.17) is 9.47 Å². The monoisotopic (exact) mass is 298 g/mol. The molecule has 4 heterocycles. The molecule has 2 unspecified atom stereocenters. The number of benzene rings is 1. The van der Waals surface area contributed by atoms with Gasteiger partial charge in [0.25, 0.3) is 0 Å². The third-order valence-electron chi connectivity index (χ3n) is 4.34.